The smallest absolute Gasteiger partial charge is 0.309 e. The number of fused-ring (bicyclic) bond motifs is 2. The Morgan fingerprint density at radius 2 is 1.75 bits per heavy atom. The molecule has 6 rings (SSSR count). The van der Waals surface area contributed by atoms with E-state index in [0.717, 1.165) is 28.2 Å². The highest BCUT2D eigenvalue weighted by molar-refractivity contribution is 5.74. The van der Waals surface area contributed by atoms with Gasteiger partial charge in [-0.1, -0.05) is 24.3 Å². The minimum Gasteiger partial charge on any atom is -0.481 e. The summed E-state index contributed by atoms with van der Waals surface area (Å²) in [4.78, 5) is 27.6. The number of carboxylic acid groups (broad SMARTS) is 1. The van der Waals surface area contributed by atoms with Crippen molar-refractivity contribution in [2.75, 3.05) is 18.0 Å². The Morgan fingerprint density at radius 1 is 1.06 bits per heavy atom. The summed E-state index contributed by atoms with van der Waals surface area (Å²) in [5, 5.41) is 9.48. The van der Waals surface area contributed by atoms with Crippen LogP contribution < -0.4 is 4.90 Å². The average molecular weight is 484 g/mol. The van der Waals surface area contributed by atoms with E-state index >= 15 is 0 Å². The van der Waals surface area contributed by atoms with Crippen LogP contribution in [0.1, 0.15) is 61.4 Å². The molecule has 4 aromatic rings. The lowest BCUT2D eigenvalue weighted by Crippen LogP contribution is -2.43. The van der Waals surface area contributed by atoms with Crippen LogP contribution in [0.15, 0.2) is 55.0 Å². The number of pyridine rings is 1. The number of carboxylic acids is 1. The molecule has 0 saturated carbocycles. The summed E-state index contributed by atoms with van der Waals surface area (Å²) in [7, 11) is 0. The van der Waals surface area contributed by atoms with Crippen LogP contribution in [0.2, 0.25) is 0 Å². The van der Waals surface area contributed by atoms with Gasteiger partial charge in [0.2, 0.25) is 5.95 Å². The molecule has 1 saturated heterocycles. The molecular formula is C28H29N5O3. The van der Waals surface area contributed by atoms with Crippen molar-refractivity contribution in [3.05, 3.63) is 77.5 Å². The van der Waals surface area contributed by atoms with Gasteiger partial charge in [-0.25, -0.2) is 15.0 Å². The van der Waals surface area contributed by atoms with Crippen molar-refractivity contribution in [1.29, 1.82) is 0 Å². The van der Waals surface area contributed by atoms with Gasteiger partial charge in [0.1, 0.15) is 11.8 Å². The molecule has 1 N–H and O–H groups in total. The average Bonchev–Trinajstić information content (AvgIpc) is 3.39. The summed E-state index contributed by atoms with van der Waals surface area (Å²) in [5.41, 5.74) is 6.50. The first-order valence-corrected chi connectivity index (χ1v) is 12.4. The van der Waals surface area contributed by atoms with Gasteiger partial charge in [-0.05, 0) is 56.9 Å². The van der Waals surface area contributed by atoms with E-state index in [1.807, 2.05) is 38.4 Å². The molecule has 0 amide bonds. The van der Waals surface area contributed by atoms with E-state index in [0.29, 0.717) is 31.9 Å². The maximum Gasteiger partial charge on any atom is 0.309 e. The molecule has 8 nitrogen and oxygen atoms in total. The Kier molecular flexibility index (Phi) is 5.30. The minimum atomic E-state index is -0.733. The monoisotopic (exact) mass is 483 g/mol. The van der Waals surface area contributed by atoms with E-state index in [2.05, 4.69) is 56.7 Å². The molecule has 2 aliphatic rings. The highest BCUT2D eigenvalue weighted by atomic mass is 16.5. The number of aliphatic carboxylic acids is 1. The fourth-order valence-corrected chi connectivity index (χ4v) is 5.40. The van der Waals surface area contributed by atoms with Crippen molar-refractivity contribution in [3.63, 3.8) is 0 Å². The molecule has 0 bridgehead atoms. The summed E-state index contributed by atoms with van der Waals surface area (Å²) >= 11 is 0. The van der Waals surface area contributed by atoms with Crippen molar-refractivity contribution in [1.82, 2.24) is 19.4 Å². The predicted molar refractivity (Wildman–Crippen MR) is 136 cm³/mol. The quantitative estimate of drug-likeness (QED) is 0.438. The number of ether oxygens (including phenoxy) is 1. The molecule has 0 aliphatic carbocycles. The van der Waals surface area contributed by atoms with Crippen molar-refractivity contribution in [3.8, 4) is 11.1 Å². The minimum absolute atomic E-state index is 0.0310. The Balaban J connectivity index is 1.30. The van der Waals surface area contributed by atoms with Crippen LogP contribution in [0.5, 0.6) is 0 Å². The zero-order chi connectivity index (χ0) is 25.0. The number of carbonyl (C=O) groups is 1. The van der Waals surface area contributed by atoms with E-state index in [-0.39, 0.29) is 12.2 Å². The van der Waals surface area contributed by atoms with E-state index < -0.39 is 11.4 Å². The van der Waals surface area contributed by atoms with Crippen molar-refractivity contribution in [2.45, 2.75) is 45.8 Å². The predicted octanol–water partition coefficient (Wildman–Crippen LogP) is 4.97. The van der Waals surface area contributed by atoms with E-state index in [9.17, 15) is 9.90 Å². The van der Waals surface area contributed by atoms with E-state index in [4.69, 9.17) is 9.72 Å². The maximum absolute atomic E-state index is 11.5. The van der Waals surface area contributed by atoms with Crippen LogP contribution in [0.3, 0.4) is 0 Å². The number of aryl methyl sites for hydroxylation is 1. The number of hydrogen-bond donors (Lipinski definition) is 1. The largest absolute Gasteiger partial charge is 0.481 e. The maximum atomic E-state index is 11.5. The van der Waals surface area contributed by atoms with Gasteiger partial charge in [-0.3, -0.25) is 4.79 Å². The summed E-state index contributed by atoms with van der Waals surface area (Å²) in [5.74, 6) is -0.0970. The zero-order valence-corrected chi connectivity index (χ0v) is 20.7. The molecule has 1 fully saturated rings. The van der Waals surface area contributed by atoms with E-state index in [1.54, 1.807) is 0 Å². The molecule has 2 aliphatic heterocycles. The molecule has 184 valence electrons. The first-order chi connectivity index (χ1) is 17.3. The van der Waals surface area contributed by atoms with Gasteiger partial charge in [0.05, 0.1) is 22.9 Å². The number of hydrogen-bond acceptors (Lipinski definition) is 6. The van der Waals surface area contributed by atoms with Crippen molar-refractivity contribution in [2.24, 2.45) is 5.41 Å². The fraction of sp³-hybridized carbons (Fsp3) is 0.357. The Bertz CT molecular complexity index is 1450. The number of rotatable bonds is 4. The van der Waals surface area contributed by atoms with E-state index in [1.165, 1.54) is 11.1 Å². The molecule has 2 atom stereocenters. The number of imidazole rings is 1. The van der Waals surface area contributed by atoms with Crippen LogP contribution in [0, 0.1) is 12.3 Å². The number of piperidine rings is 1. The fourth-order valence-electron chi connectivity index (χ4n) is 5.40. The molecular weight excluding hydrogens is 454 g/mol. The number of anilines is 1. The Labute approximate surface area is 209 Å². The lowest BCUT2D eigenvalue weighted by Gasteiger charge is -2.36. The lowest BCUT2D eigenvalue weighted by molar-refractivity contribution is -0.149. The molecule has 0 spiro atoms. The SMILES string of the molecule is Cc1nc2ccc(-c3cnc(N4CCC(C)(C(=O)O)CC4)nc3)cn2c1C1OC(C)c2ccccc21. The molecule has 8 heteroatoms. The topological polar surface area (TPSA) is 92.9 Å². The highest BCUT2D eigenvalue weighted by Crippen LogP contribution is 2.43. The summed E-state index contributed by atoms with van der Waals surface area (Å²) < 4.78 is 8.52. The standard InChI is InChI=1S/C28H29N5O3/c1-17-24(25-22-7-5-4-6-21(22)18(2)36-25)33-16-19(8-9-23(33)31-17)20-14-29-27(30-15-20)32-12-10-28(3,11-13-32)26(34)35/h4-9,14-16,18,25H,10-13H2,1-3H3,(H,34,35). The van der Waals surface area contributed by atoms with Gasteiger partial charge in [-0.15, -0.1) is 0 Å². The third kappa shape index (κ3) is 3.64. The van der Waals surface area contributed by atoms with Crippen LogP contribution in [0.25, 0.3) is 16.8 Å². The van der Waals surface area contributed by atoms with Crippen LogP contribution in [0.4, 0.5) is 5.95 Å². The summed E-state index contributed by atoms with van der Waals surface area (Å²) in [6.07, 6.45) is 6.77. The second-order valence-corrected chi connectivity index (χ2v) is 10.1. The second kappa shape index (κ2) is 8.41. The van der Waals surface area contributed by atoms with Gasteiger partial charge >= 0.3 is 5.97 Å². The zero-order valence-electron chi connectivity index (χ0n) is 20.7. The van der Waals surface area contributed by atoms with Crippen LogP contribution in [-0.2, 0) is 9.53 Å². The molecule has 5 heterocycles. The molecule has 2 unspecified atom stereocenters. The summed E-state index contributed by atoms with van der Waals surface area (Å²) in [6.45, 7) is 7.20. The van der Waals surface area contributed by atoms with Crippen molar-refractivity contribution >= 4 is 17.6 Å². The second-order valence-electron chi connectivity index (χ2n) is 10.1. The number of nitrogens with zero attached hydrogens (tertiary/aromatic N) is 5. The number of aromatic nitrogens is 4. The lowest BCUT2D eigenvalue weighted by atomic mass is 9.80. The number of benzene rings is 1. The van der Waals surface area contributed by atoms with Crippen molar-refractivity contribution < 1.29 is 14.6 Å². The Hall–Kier alpha value is -3.78. The third-order valence-electron chi connectivity index (χ3n) is 7.78. The molecule has 3 aromatic heterocycles. The van der Waals surface area contributed by atoms with Gasteiger partial charge < -0.3 is 19.1 Å². The van der Waals surface area contributed by atoms with Gasteiger partial charge in [0.25, 0.3) is 0 Å². The Morgan fingerprint density at radius 3 is 2.44 bits per heavy atom. The third-order valence-corrected chi connectivity index (χ3v) is 7.78. The first kappa shape index (κ1) is 22.7. The normalized spacial score (nSPS) is 21.0. The van der Waals surface area contributed by atoms with Crippen LogP contribution in [-0.4, -0.2) is 43.5 Å². The molecule has 36 heavy (non-hydrogen) atoms. The van der Waals surface area contributed by atoms with Gasteiger partial charge in [-0.2, -0.15) is 0 Å². The highest BCUT2D eigenvalue weighted by Gasteiger charge is 2.37. The molecule has 1 aromatic carbocycles. The molecule has 0 radical (unpaired) electrons. The summed E-state index contributed by atoms with van der Waals surface area (Å²) in [6, 6.07) is 12.4. The van der Waals surface area contributed by atoms with Gasteiger partial charge in [0.15, 0.2) is 0 Å². The van der Waals surface area contributed by atoms with Crippen LogP contribution >= 0.6 is 0 Å². The van der Waals surface area contributed by atoms with Gasteiger partial charge in [0, 0.05) is 42.8 Å². The first-order valence-electron chi connectivity index (χ1n) is 12.4.